The molecule has 0 saturated heterocycles. The minimum absolute atomic E-state index is 0.939. The molecule has 178 valence electrons. The minimum Gasteiger partial charge on any atom is -0.0885 e. The van der Waals surface area contributed by atoms with Gasteiger partial charge in [-0.3, -0.25) is 0 Å². The maximum absolute atomic E-state index is 3.92. The van der Waals surface area contributed by atoms with Crippen LogP contribution in [0.2, 0.25) is 0 Å². The molecule has 2 radical (unpaired) electrons. The first kappa shape index (κ1) is 29.7. The van der Waals surface area contributed by atoms with Crippen molar-refractivity contribution in [2.75, 3.05) is 0 Å². The fourth-order valence-corrected chi connectivity index (χ4v) is 4.36. The van der Waals surface area contributed by atoms with Gasteiger partial charge in [0.15, 0.2) is 0 Å². The Morgan fingerprint density at radius 1 is 0.433 bits per heavy atom. The number of hydrogen-bond acceptors (Lipinski definition) is 0. The maximum atomic E-state index is 3.92. The Morgan fingerprint density at radius 3 is 1.13 bits per heavy atom. The van der Waals surface area contributed by atoms with E-state index < -0.39 is 0 Å². The van der Waals surface area contributed by atoms with Gasteiger partial charge in [0, 0.05) is 0 Å². The molecule has 0 saturated carbocycles. The maximum Gasteiger partial charge on any atom is -0.0351 e. The largest absolute Gasteiger partial charge is 0.0885 e. The molecule has 0 aliphatic carbocycles. The molecule has 0 bridgehead atoms. The lowest BCUT2D eigenvalue weighted by atomic mass is 9.96. The van der Waals surface area contributed by atoms with E-state index in [1.54, 1.807) is 0 Å². The topological polar surface area (TPSA) is 0 Å². The molecule has 0 N–H and O–H groups in total. The third-order valence-electron chi connectivity index (χ3n) is 6.55. The molecule has 0 nitrogen and oxygen atoms in total. The second-order valence-corrected chi connectivity index (χ2v) is 9.80. The van der Waals surface area contributed by atoms with Crippen LogP contribution >= 0.6 is 0 Å². The van der Waals surface area contributed by atoms with Gasteiger partial charge in [0.25, 0.3) is 0 Å². The standard InChI is InChI=1S/C30H58/c1-4-6-8-10-12-13-14-15-16-17-18-19-20-21-23-25-27-29-30(3)28-26-24-22-11-9-7-5-2/h19-20,30H,1-2,4-18,21-29H2,3H3. The molecule has 0 aliphatic rings. The van der Waals surface area contributed by atoms with Crippen molar-refractivity contribution < 1.29 is 0 Å². The number of allylic oxidation sites excluding steroid dienone is 2. The van der Waals surface area contributed by atoms with Gasteiger partial charge in [-0.15, -0.1) is 0 Å². The molecule has 0 rings (SSSR count). The Hall–Kier alpha value is -0.260. The summed E-state index contributed by atoms with van der Waals surface area (Å²) in [5, 5.41) is 0. The zero-order valence-corrected chi connectivity index (χ0v) is 21.1. The average Bonchev–Trinajstić information content (AvgIpc) is 2.75. The van der Waals surface area contributed by atoms with Gasteiger partial charge in [-0.2, -0.15) is 0 Å². The summed E-state index contributed by atoms with van der Waals surface area (Å²) in [6, 6.07) is 0. The monoisotopic (exact) mass is 418 g/mol. The molecule has 0 spiro atoms. The van der Waals surface area contributed by atoms with Gasteiger partial charge in [-0.1, -0.05) is 161 Å². The van der Waals surface area contributed by atoms with Crippen LogP contribution in [-0.2, 0) is 0 Å². The summed E-state index contributed by atoms with van der Waals surface area (Å²) in [5.41, 5.74) is 0. The van der Waals surface area contributed by atoms with Crippen LogP contribution in [0.1, 0.15) is 161 Å². The zero-order valence-electron chi connectivity index (χ0n) is 21.1. The van der Waals surface area contributed by atoms with Crippen molar-refractivity contribution in [3.63, 3.8) is 0 Å². The van der Waals surface area contributed by atoms with Crippen LogP contribution in [0.3, 0.4) is 0 Å². The van der Waals surface area contributed by atoms with Gasteiger partial charge in [0.1, 0.15) is 0 Å². The van der Waals surface area contributed by atoms with Crippen LogP contribution in [0.5, 0.6) is 0 Å². The van der Waals surface area contributed by atoms with E-state index in [2.05, 4.69) is 32.9 Å². The predicted molar refractivity (Wildman–Crippen MR) is 140 cm³/mol. The average molecular weight is 419 g/mol. The molecule has 30 heavy (non-hydrogen) atoms. The molecule has 0 aromatic carbocycles. The van der Waals surface area contributed by atoms with Crippen molar-refractivity contribution in [2.24, 2.45) is 5.92 Å². The molecule has 0 aromatic rings. The second kappa shape index (κ2) is 26.8. The SMILES string of the molecule is [CH2]CCCCCCCCCCCC=CCCCCCC(C)CCCCCCCC[CH2]. The number of rotatable bonds is 25. The van der Waals surface area contributed by atoms with Gasteiger partial charge < -0.3 is 0 Å². The lowest BCUT2D eigenvalue weighted by Gasteiger charge is -2.10. The number of hydrogen-bond donors (Lipinski definition) is 0. The first-order valence-corrected chi connectivity index (χ1v) is 14.0. The highest BCUT2D eigenvalue weighted by Crippen LogP contribution is 2.18. The van der Waals surface area contributed by atoms with Crippen LogP contribution in [0.15, 0.2) is 12.2 Å². The van der Waals surface area contributed by atoms with E-state index in [0.717, 1.165) is 18.8 Å². The summed E-state index contributed by atoms with van der Waals surface area (Å²) in [6.45, 7) is 10.3. The molecule has 0 fully saturated rings. The molecule has 0 aliphatic heterocycles. The van der Waals surface area contributed by atoms with Gasteiger partial charge in [0.05, 0.1) is 0 Å². The molecular weight excluding hydrogens is 360 g/mol. The van der Waals surface area contributed by atoms with Crippen molar-refractivity contribution in [1.82, 2.24) is 0 Å². The summed E-state index contributed by atoms with van der Waals surface area (Å²) in [4.78, 5) is 0. The summed E-state index contributed by atoms with van der Waals surface area (Å²) >= 11 is 0. The summed E-state index contributed by atoms with van der Waals surface area (Å²) in [7, 11) is 0. The molecule has 0 heterocycles. The fourth-order valence-electron chi connectivity index (χ4n) is 4.36. The summed E-state index contributed by atoms with van der Waals surface area (Å²) in [6.07, 6.45) is 38.1. The van der Waals surface area contributed by atoms with E-state index in [1.165, 1.54) is 141 Å². The Balaban J connectivity index is 3.19. The van der Waals surface area contributed by atoms with Crippen molar-refractivity contribution in [2.45, 2.75) is 161 Å². The summed E-state index contributed by atoms with van der Waals surface area (Å²) < 4.78 is 0. The Labute approximate surface area is 193 Å². The highest BCUT2D eigenvalue weighted by atomic mass is 14.1. The van der Waals surface area contributed by atoms with Crippen LogP contribution in [-0.4, -0.2) is 0 Å². The molecule has 0 aromatic heterocycles. The first-order chi connectivity index (χ1) is 14.8. The van der Waals surface area contributed by atoms with E-state index in [-0.39, 0.29) is 0 Å². The van der Waals surface area contributed by atoms with E-state index in [9.17, 15) is 0 Å². The minimum atomic E-state index is 0.939. The fraction of sp³-hybridized carbons (Fsp3) is 0.867. The van der Waals surface area contributed by atoms with Gasteiger partial charge in [-0.05, 0) is 31.6 Å². The molecule has 0 amide bonds. The zero-order chi connectivity index (χ0) is 22.0. The van der Waals surface area contributed by atoms with E-state index in [4.69, 9.17) is 0 Å². The second-order valence-electron chi connectivity index (χ2n) is 9.80. The van der Waals surface area contributed by atoms with Crippen LogP contribution < -0.4 is 0 Å². The Bertz CT molecular complexity index is 316. The number of unbranched alkanes of at least 4 members (excludes halogenated alkanes) is 19. The van der Waals surface area contributed by atoms with Crippen molar-refractivity contribution in [3.8, 4) is 0 Å². The van der Waals surface area contributed by atoms with Crippen molar-refractivity contribution in [3.05, 3.63) is 26.0 Å². The van der Waals surface area contributed by atoms with Crippen LogP contribution in [0.4, 0.5) is 0 Å². The smallest absolute Gasteiger partial charge is 0.0351 e. The lowest BCUT2D eigenvalue weighted by molar-refractivity contribution is 0.434. The first-order valence-electron chi connectivity index (χ1n) is 14.0. The third kappa shape index (κ3) is 25.8. The third-order valence-corrected chi connectivity index (χ3v) is 6.55. The van der Waals surface area contributed by atoms with E-state index in [1.807, 2.05) is 0 Å². The highest BCUT2D eigenvalue weighted by molar-refractivity contribution is 4.81. The predicted octanol–water partition coefficient (Wildman–Crippen LogP) is 11.2. The van der Waals surface area contributed by atoms with Crippen molar-refractivity contribution >= 4 is 0 Å². The molecule has 1 atom stereocenters. The quantitative estimate of drug-likeness (QED) is 0.102. The van der Waals surface area contributed by atoms with E-state index >= 15 is 0 Å². The normalized spacial score (nSPS) is 12.8. The molecular formula is C30H58. The Kier molecular flexibility index (Phi) is 26.5. The Morgan fingerprint density at radius 2 is 0.733 bits per heavy atom. The molecule has 1 unspecified atom stereocenters. The van der Waals surface area contributed by atoms with Gasteiger partial charge >= 0.3 is 0 Å². The van der Waals surface area contributed by atoms with E-state index in [0.29, 0.717) is 0 Å². The van der Waals surface area contributed by atoms with Crippen molar-refractivity contribution in [1.29, 1.82) is 0 Å². The van der Waals surface area contributed by atoms with Crippen LogP contribution in [0.25, 0.3) is 0 Å². The highest BCUT2D eigenvalue weighted by Gasteiger charge is 2.02. The summed E-state index contributed by atoms with van der Waals surface area (Å²) in [5.74, 6) is 0.939. The van der Waals surface area contributed by atoms with Gasteiger partial charge in [0.2, 0.25) is 0 Å². The molecule has 0 heteroatoms. The lowest BCUT2D eigenvalue weighted by Crippen LogP contribution is -1.95. The van der Waals surface area contributed by atoms with Crippen LogP contribution in [0, 0.1) is 19.8 Å². The van der Waals surface area contributed by atoms with Gasteiger partial charge in [-0.25, -0.2) is 0 Å².